The molecule has 1 amide bonds. The average molecular weight is 316 g/mol. The third-order valence-electron chi connectivity index (χ3n) is 3.71. The van der Waals surface area contributed by atoms with Gasteiger partial charge >= 0.3 is 0 Å². The van der Waals surface area contributed by atoms with Gasteiger partial charge in [-0.15, -0.1) is 0 Å². The third-order valence-corrected chi connectivity index (χ3v) is 3.71. The van der Waals surface area contributed by atoms with Gasteiger partial charge in [-0.05, 0) is 36.8 Å². The molecule has 0 aliphatic carbocycles. The highest BCUT2D eigenvalue weighted by atomic mass is 16.1. The zero-order chi connectivity index (χ0) is 16.9. The van der Waals surface area contributed by atoms with Crippen molar-refractivity contribution < 1.29 is 4.79 Å². The van der Waals surface area contributed by atoms with Crippen molar-refractivity contribution in [1.82, 2.24) is 15.3 Å². The summed E-state index contributed by atoms with van der Waals surface area (Å²) in [6.07, 6.45) is 1.76. The van der Waals surface area contributed by atoms with E-state index in [1.165, 1.54) is 0 Å². The number of H-pyrrole nitrogens is 1. The maximum Gasteiger partial charge on any atom is 0.251 e. The number of hydrogen-bond acceptors (Lipinski definition) is 3. The largest absolute Gasteiger partial charge is 0.342 e. The zero-order valence-corrected chi connectivity index (χ0v) is 13.2. The monoisotopic (exact) mass is 316 g/mol. The van der Waals surface area contributed by atoms with E-state index in [0.717, 1.165) is 11.3 Å². The summed E-state index contributed by atoms with van der Waals surface area (Å²) in [6, 6.07) is 18.2. The number of rotatable bonds is 4. The molecule has 0 unspecified atom stereocenters. The van der Waals surface area contributed by atoms with Crippen molar-refractivity contribution in [1.29, 1.82) is 5.26 Å². The Bertz CT molecular complexity index is 876. The van der Waals surface area contributed by atoms with Crippen LogP contribution in [0.4, 0.5) is 0 Å². The summed E-state index contributed by atoms with van der Waals surface area (Å²) in [4.78, 5) is 19.9. The van der Waals surface area contributed by atoms with Gasteiger partial charge in [-0.3, -0.25) is 4.79 Å². The van der Waals surface area contributed by atoms with Crippen LogP contribution in [0.5, 0.6) is 0 Å². The first kappa shape index (κ1) is 15.5. The number of benzene rings is 2. The lowest BCUT2D eigenvalue weighted by atomic mass is 10.1. The predicted octanol–water partition coefficient (Wildman–Crippen LogP) is 3.44. The Morgan fingerprint density at radius 1 is 1.17 bits per heavy atom. The molecule has 3 aromatic rings. The summed E-state index contributed by atoms with van der Waals surface area (Å²) < 4.78 is 0. The molecular formula is C19H16N4O. The smallest absolute Gasteiger partial charge is 0.251 e. The Morgan fingerprint density at radius 3 is 2.54 bits per heavy atom. The number of imidazole rings is 1. The summed E-state index contributed by atoms with van der Waals surface area (Å²) in [7, 11) is 0. The topological polar surface area (TPSA) is 81.6 Å². The van der Waals surface area contributed by atoms with Crippen LogP contribution in [-0.2, 0) is 0 Å². The fourth-order valence-electron chi connectivity index (χ4n) is 2.37. The molecule has 0 saturated carbocycles. The lowest BCUT2D eigenvalue weighted by molar-refractivity contribution is 0.0938. The summed E-state index contributed by atoms with van der Waals surface area (Å²) in [5.74, 6) is 0.487. The van der Waals surface area contributed by atoms with E-state index < -0.39 is 0 Å². The Balaban J connectivity index is 1.70. The van der Waals surface area contributed by atoms with Gasteiger partial charge in [0.1, 0.15) is 5.82 Å². The first-order chi connectivity index (χ1) is 11.7. The maximum absolute atomic E-state index is 12.3. The van der Waals surface area contributed by atoms with E-state index in [-0.39, 0.29) is 11.9 Å². The third kappa shape index (κ3) is 3.33. The first-order valence-corrected chi connectivity index (χ1v) is 7.58. The highest BCUT2D eigenvalue weighted by Crippen LogP contribution is 2.19. The molecule has 0 bridgehead atoms. The number of carbonyl (C=O) groups is 1. The van der Waals surface area contributed by atoms with Crippen LogP contribution in [0.15, 0.2) is 60.8 Å². The summed E-state index contributed by atoms with van der Waals surface area (Å²) in [5, 5.41) is 11.7. The Labute approximate surface area is 140 Å². The average Bonchev–Trinajstić information content (AvgIpc) is 3.13. The molecule has 1 atom stereocenters. The van der Waals surface area contributed by atoms with Crippen LogP contribution in [0, 0.1) is 11.3 Å². The van der Waals surface area contributed by atoms with Crippen LogP contribution in [0.25, 0.3) is 11.3 Å². The van der Waals surface area contributed by atoms with Crippen molar-refractivity contribution in [2.24, 2.45) is 0 Å². The molecule has 1 aromatic heterocycles. The number of amides is 1. The number of carbonyl (C=O) groups excluding carboxylic acids is 1. The molecule has 5 nitrogen and oxygen atoms in total. The second kappa shape index (κ2) is 6.80. The maximum atomic E-state index is 12.3. The first-order valence-electron chi connectivity index (χ1n) is 7.58. The summed E-state index contributed by atoms with van der Waals surface area (Å²) >= 11 is 0. The molecule has 2 aromatic carbocycles. The zero-order valence-electron chi connectivity index (χ0n) is 13.2. The lowest BCUT2D eigenvalue weighted by Gasteiger charge is -2.11. The molecule has 0 radical (unpaired) electrons. The molecule has 0 aliphatic heterocycles. The van der Waals surface area contributed by atoms with Crippen molar-refractivity contribution >= 4 is 5.91 Å². The van der Waals surface area contributed by atoms with Gasteiger partial charge in [0.25, 0.3) is 5.91 Å². The van der Waals surface area contributed by atoms with Crippen LogP contribution >= 0.6 is 0 Å². The SMILES string of the molecule is C[C@H](NC(=O)c1ccc(C#N)cc1)c1ncc(-c2ccccc2)[nH]1. The van der Waals surface area contributed by atoms with E-state index in [0.29, 0.717) is 17.0 Å². The van der Waals surface area contributed by atoms with Crippen molar-refractivity contribution in [2.45, 2.75) is 13.0 Å². The number of nitrogens with one attached hydrogen (secondary N) is 2. The van der Waals surface area contributed by atoms with E-state index in [1.807, 2.05) is 43.3 Å². The van der Waals surface area contributed by atoms with Gasteiger partial charge in [-0.2, -0.15) is 5.26 Å². The normalized spacial score (nSPS) is 11.5. The van der Waals surface area contributed by atoms with Gasteiger partial charge in [-0.25, -0.2) is 4.98 Å². The van der Waals surface area contributed by atoms with Gasteiger partial charge in [0.15, 0.2) is 0 Å². The quantitative estimate of drug-likeness (QED) is 0.773. The van der Waals surface area contributed by atoms with Crippen molar-refractivity contribution in [2.75, 3.05) is 0 Å². The number of nitrogens with zero attached hydrogens (tertiary/aromatic N) is 2. The highest BCUT2D eigenvalue weighted by Gasteiger charge is 2.14. The fourth-order valence-corrected chi connectivity index (χ4v) is 2.37. The molecule has 24 heavy (non-hydrogen) atoms. The van der Waals surface area contributed by atoms with Gasteiger partial charge in [0, 0.05) is 5.56 Å². The molecule has 1 heterocycles. The van der Waals surface area contributed by atoms with Crippen molar-refractivity contribution in [3.8, 4) is 17.3 Å². The second-order valence-electron chi connectivity index (χ2n) is 5.43. The molecule has 3 rings (SSSR count). The number of aromatic nitrogens is 2. The standard InChI is InChI=1S/C19H16N4O/c1-13(22-19(24)16-9-7-14(11-20)8-10-16)18-21-12-17(23-18)15-5-3-2-4-6-15/h2-10,12-13H,1H3,(H,21,23)(H,22,24)/t13-/m0/s1. The molecule has 0 spiro atoms. The van der Waals surface area contributed by atoms with Gasteiger partial charge in [-0.1, -0.05) is 30.3 Å². The minimum Gasteiger partial charge on any atom is -0.342 e. The number of aromatic amines is 1. The molecule has 2 N–H and O–H groups in total. The second-order valence-corrected chi connectivity index (χ2v) is 5.43. The van der Waals surface area contributed by atoms with Crippen LogP contribution in [0.1, 0.15) is 34.7 Å². The Kier molecular flexibility index (Phi) is 4.39. The van der Waals surface area contributed by atoms with E-state index in [9.17, 15) is 4.79 Å². The minimum atomic E-state index is -0.259. The van der Waals surface area contributed by atoms with Crippen LogP contribution in [-0.4, -0.2) is 15.9 Å². The highest BCUT2D eigenvalue weighted by molar-refractivity contribution is 5.94. The van der Waals surface area contributed by atoms with E-state index >= 15 is 0 Å². The van der Waals surface area contributed by atoms with Crippen molar-refractivity contribution in [3.05, 3.63) is 77.7 Å². The Morgan fingerprint density at radius 2 is 1.88 bits per heavy atom. The van der Waals surface area contributed by atoms with E-state index in [2.05, 4.69) is 15.3 Å². The fraction of sp³-hybridized carbons (Fsp3) is 0.105. The minimum absolute atomic E-state index is 0.204. The summed E-state index contributed by atoms with van der Waals surface area (Å²) in [5.41, 5.74) is 2.99. The number of hydrogen-bond donors (Lipinski definition) is 2. The van der Waals surface area contributed by atoms with Gasteiger partial charge in [0.2, 0.25) is 0 Å². The molecular weight excluding hydrogens is 300 g/mol. The van der Waals surface area contributed by atoms with Gasteiger partial charge in [0.05, 0.1) is 29.6 Å². The molecule has 5 heteroatoms. The number of nitriles is 1. The molecule has 0 aliphatic rings. The summed E-state index contributed by atoms with van der Waals surface area (Å²) in [6.45, 7) is 1.87. The van der Waals surface area contributed by atoms with Crippen LogP contribution < -0.4 is 5.32 Å². The van der Waals surface area contributed by atoms with E-state index in [4.69, 9.17) is 5.26 Å². The molecule has 0 saturated heterocycles. The van der Waals surface area contributed by atoms with Crippen LogP contribution in [0.2, 0.25) is 0 Å². The predicted molar refractivity (Wildman–Crippen MR) is 91.1 cm³/mol. The molecule has 0 fully saturated rings. The van der Waals surface area contributed by atoms with Crippen molar-refractivity contribution in [3.63, 3.8) is 0 Å². The van der Waals surface area contributed by atoms with Crippen LogP contribution in [0.3, 0.4) is 0 Å². The van der Waals surface area contributed by atoms with E-state index in [1.54, 1.807) is 30.5 Å². The molecule has 118 valence electrons. The van der Waals surface area contributed by atoms with Gasteiger partial charge < -0.3 is 10.3 Å². The Hall–Kier alpha value is -3.39. The lowest BCUT2D eigenvalue weighted by Crippen LogP contribution is -2.27.